The van der Waals surface area contributed by atoms with Crippen molar-refractivity contribution in [1.29, 1.82) is 5.26 Å². The first-order valence-corrected chi connectivity index (χ1v) is 10.9. The summed E-state index contributed by atoms with van der Waals surface area (Å²) in [6, 6.07) is 15.0. The van der Waals surface area contributed by atoms with Crippen LogP contribution in [0.15, 0.2) is 42.5 Å². The maximum absolute atomic E-state index is 13.3. The number of fused-ring (bicyclic) bond motifs is 1. The number of rotatable bonds is 6. The van der Waals surface area contributed by atoms with Crippen molar-refractivity contribution in [2.75, 3.05) is 44.3 Å². The van der Waals surface area contributed by atoms with Crippen LogP contribution in [0.25, 0.3) is 10.2 Å². The quantitative estimate of drug-likeness (QED) is 0.554. The first-order valence-electron chi connectivity index (χ1n) is 10.1. The summed E-state index contributed by atoms with van der Waals surface area (Å²) in [7, 11) is 0. The van der Waals surface area contributed by atoms with Crippen LogP contribution in [0.4, 0.5) is 5.13 Å². The van der Waals surface area contributed by atoms with E-state index in [0.29, 0.717) is 22.8 Å². The number of nitriles is 1. The molecule has 1 aromatic heterocycles. The Balaban J connectivity index is 0.00000272. The van der Waals surface area contributed by atoms with Gasteiger partial charge in [-0.2, -0.15) is 5.26 Å². The van der Waals surface area contributed by atoms with Crippen LogP contribution in [-0.4, -0.2) is 55.2 Å². The minimum absolute atomic E-state index is 0. The second-order valence-electron chi connectivity index (χ2n) is 7.42. The van der Waals surface area contributed by atoms with Crippen LogP contribution in [-0.2, 0) is 4.74 Å². The Morgan fingerprint density at radius 2 is 1.97 bits per heavy atom. The average molecular weight is 457 g/mol. The maximum atomic E-state index is 13.3. The van der Waals surface area contributed by atoms with Crippen LogP contribution < -0.4 is 4.90 Å². The summed E-state index contributed by atoms with van der Waals surface area (Å²) < 4.78 is 6.50. The van der Waals surface area contributed by atoms with Gasteiger partial charge < -0.3 is 4.74 Å². The van der Waals surface area contributed by atoms with Gasteiger partial charge in [-0.3, -0.25) is 14.6 Å². The number of hydrogen-bond donors (Lipinski definition) is 0. The van der Waals surface area contributed by atoms with Gasteiger partial charge in [-0.1, -0.05) is 17.4 Å². The number of anilines is 1. The average Bonchev–Trinajstić information content (AvgIpc) is 3.20. The van der Waals surface area contributed by atoms with Crippen LogP contribution in [0.1, 0.15) is 27.9 Å². The standard InChI is InChI=1S/C23H24N4O2S.ClH/c1-17-3-8-20-21(15-17)30-23(25-20)27(10-2-9-26-11-13-29-14-12-26)22(28)19-6-4-18(16-24)5-7-19;/h3-8,15H,2,9-14H2,1H3;1H. The summed E-state index contributed by atoms with van der Waals surface area (Å²) in [4.78, 5) is 22.2. The van der Waals surface area contributed by atoms with Gasteiger partial charge in [-0.05, 0) is 55.3 Å². The van der Waals surface area contributed by atoms with E-state index in [2.05, 4.69) is 24.0 Å². The molecule has 0 saturated carbocycles. The topological polar surface area (TPSA) is 69.5 Å². The number of halogens is 1. The molecule has 1 saturated heterocycles. The fourth-order valence-electron chi connectivity index (χ4n) is 3.54. The number of aryl methyl sites for hydroxylation is 1. The number of benzene rings is 2. The normalized spacial score (nSPS) is 14.1. The molecule has 6 nitrogen and oxygen atoms in total. The number of carbonyl (C=O) groups excluding carboxylic acids is 1. The molecule has 4 rings (SSSR count). The smallest absolute Gasteiger partial charge is 0.260 e. The van der Waals surface area contributed by atoms with Gasteiger partial charge in [0.05, 0.1) is 35.1 Å². The number of amides is 1. The van der Waals surface area contributed by atoms with E-state index in [1.165, 1.54) is 5.56 Å². The summed E-state index contributed by atoms with van der Waals surface area (Å²) in [5.74, 6) is -0.0859. The molecule has 1 fully saturated rings. The van der Waals surface area contributed by atoms with Gasteiger partial charge >= 0.3 is 0 Å². The van der Waals surface area contributed by atoms with Crippen LogP contribution in [0.3, 0.4) is 0 Å². The van der Waals surface area contributed by atoms with Crippen molar-refractivity contribution in [2.24, 2.45) is 0 Å². The summed E-state index contributed by atoms with van der Waals surface area (Å²) in [6.07, 6.45) is 0.858. The van der Waals surface area contributed by atoms with Crippen LogP contribution >= 0.6 is 23.7 Å². The Morgan fingerprint density at radius 1 is 1.23 bits per heavy atom. The lowest BCUT2D eigenvalue weighted by atomic mass is 10.1. The van der Waals surface area contributed by atoms with Gasteiger partial charge in [-0.15, -0.1) is 12.4 Å². The summed E-state index contributed by atoms with van der Waals surface area (Å²) in [5.41, 5.74) is 3.19. The lowest BCUT2D eigenvalue weighted by molar-refractivity contribution is 0.0376. The van der Waals surface area contributed by atoms with E-state index in [-0.39, 0.29) is 18.3 Å². The molecule has 1 amide bonds. The van der Waals surface area contributed by atoms with Crippen molar-refractivity contribution in [3.05, 3.63) is 59.2 Å². The number of carbonyl (C=O) groups is 1. The molecule has 0 atom stereocenters. The number of hydrogen-bond acceptors (Lipinski definition) is 6. The molecule has 0 radical (unpaired) electrons. The Kier molecular flexibility index (Phi) is 7.99. The molecule has 1 aliphatic rings. The van der Waals surface area contributed by atoms with Gasteiger partial charge in [0.15, 0.2) is 5.13 Å². The molecule has 3 aromatic rings. The van der Waals surface area contributed by atoms with Gasteiger partial charge in [0.1, 0.15) is 0 Å². The van der Waals surface area contributed by atoms with Gasteiger partial charge in [0, 0.05) is 31.7 Å². The zero-order chi connectivity index (χ0) is 20.9. The number of morpholine rings is 1. The number of ether oxygens (including phenoxy) is 1. The highest BCUT2D eigenvalue weighted by atomic mass is 35.5. The minimum Gasteiger partial charge on any atom is -0.379 e. The van der Waals surface area contributed by atoms with Crippen molar-refractivity contribution in [3.8, 4) is 6.07 Å². The highest BCUT2D eigenvalue weighted by Crippen LogP contribution is 2.30. The highest BCUT2D eigenvalue weighted by molar-refractivity contribution is 7.22. The lowest BCUT2D eigenvalue weighted by Gasteiger charge is -2.27. The monoisotopic (exact) mass is 456 g/mol. The molecule has 0 bridgehead atoms. The summed E-state index contributed by atoms with van der Waals surface area (Å²) in [5, 5.41) is 9.74. The zero-order valence-corrected chi connectivity index (χ0v) is 19.0. The van der Waals surface area contributed by atoms with E-state index < -0.39 is 0 Å². The molecule has 1 aliphatic heterocycles. The van der Waals surface area contributed by atoms with Crippen molar-refractivity contribution in [2.45, 2.75) is 13.3 Å². The third-order valence-electron chi connectivity index (χ3n) is 5.23. The molecular weight excluding hydrogens is 432 g/mol. The first-order chi connectivity index (χ1) is 14.6. The Labute approximate surface area is 192 Å². The van der Waals surface area contributed by atoms with Crippen molar-refractivity contribution >= 4 is 45.0 Å². The molecule has 0 N–H and O–H groups in total. The molecule has 2 aromatic carbocycles. The molecule has 0 spiro atoms. The largest absolute Gasteiger partial charge is 0.379 e. The number of aromatic nitrogens is 1. The predicted molar refractivity (Wildman–Crippen MR) is 126 cm³/mol. The van der Waals surface area contributed by atoms with Crippen molar-refractivity contribution < 1.29 is 9.53 Å². The Morgan fingerprint density at radius 3 is 2.68 bits per heavy atom. The van der Waals surface area contributed by atoms with E-state index in [1.54, 1.807) is 40.5 Å². The summed E-state index contributed by atoms with van der Waals surface area (Å²) in [6.45, 7) is 6.98. The third kappa shape index (κ3) is 5.60. The molecule has 162 valence electrons. The van der Waals surface area contributed by atoms with E-state index in [9.17, 15) is 4.79 Å². The number of nitrogens with zero attached hydrogens (tertiary/aromatic N) is 4. The van der Waals surface area contributed by atoms with Crippen molar-refractivity contribution in [3.63, 3.8) is 0 Å². The fraction of sp³-hybridized carbons (Fsp3) is 0.348. The van der Waals surface area contributed by atoms with Gasteiger partial charge in [0.2, 0.25) is 0 Å². The van der Waals surface area contributed by atoms with Gasteiger partial charge in [-0.25, -0.2) is 4.98 Å². The predicted octanol–water partition coefficient (Wildman–Crippen LogP) is 4.27. The van der Waals surface area contributed by atoms with Crippen LogP contribution in [0.5, 0.6) is 0 Å². The molecule has 0 unspecified atom stereocenters. The molecule has 31 heavy (non-hydrogen) atoms. The van der Waals surface area contributed by atoms with Crippen LogP contribution in [0, 0.1) is 18.3 Å². The number of thiazole rings is 1. The van der Waals surface area contributed by atoms with E-state index >= 15 is 0 Å². The molecule has 8 heteroatoms. The zero-order valence-electron chi connectivity index (χ0n) is 17.4. The second-order valence-corrected chi connectivity index (χ2v) is 8.43. The van der Waals surface area contributed by atoms with Crippen molar-refractivity contribution in [1.82, 2.24) is 9.88 Å². The van der Waals surface area contributed by atoms with Gasteiger partial charge in [0.25, 0.3) is 5.91 Å². The SMILES string of the molecule is Cc1ccc2nc(N(CCCN3CCOCC3)C(=O)c3ccc(C#N)cc3)sc2c1.Cl. The third-order valence-corrected chi connectivity index (χ3v) is 6.27. The summed E-state index contributed by atoms with van der Waals surface area (Å²) >= 11 is 1.54. The maximum Gasteiger partial charge on any atom is 0.260 e. The van der Waals surface area contributed by atoms with E-state index in [4.69, 9.17) is 15.0 Å². The molecule has 0 aliphatic carbocycles. The first kappa shape index (κ1) is 23.2. The highest BCUT2D eigenvalue weighted by Gasteiger charge is 2.22. The Bertz CT molecular complexity index is 1070. The minimum atomic E-state index is -0.0859. The van der Waals surface area contributed by atoms with Crippen LogP contribution in [0.2, 0.25) is 0 Å². The lowest BCUT2D eigenvalue weighted by Crippen LogP contribution is -2.39. The second kappa shape index (κ2) is 10.7. The fourth-order valence-corrected chi connectivity index (χ4v) is 4.63. The molecule has 2 heterocycles. The van der Waals surface area contributed by atoms with E-state index in [1.807, 2.05) is 12.1 Å². The Hall–Kier alpha value is -2.50. The van der Waals surface area contributed by atoms with E-state index in [0.717, 1.165) is 49.5 Å². The molecular formula is C23H25ClN4O2S.